The third-order valence-corrected chi connectivity index (χ3v) is 3.66. The summed E-state index contributed by atoms with van der Waals surface area (Å²) in [7, 11) is 0. The Morgan fingerprint density at radius 1 is 1.40 bits per heavy atom. The van der Waals surface area contributed by atoms with Crippen LogP contribution in [0.25, 0.3) is 0 Å². The van der Waals surface area contributed by atoms with Gasteiger partial charge in [0.15, 0.2) is 0 Å². The Labute approximate surface area is 120 Å². The van der Waals surface area contributed by atoms with Crippen LogP contribution in [0.3, 0.4) is 0 Å². The summed E-state index contributed by atoms with van der Waals surface area (Å²) in [5.41, 5.74) is 0.806. The van der Waals surface area contributed by atoms with Gasteiger partial charge in [0.05, 0.1) is 6.07 Å². The van der Waals surface area contributed by atoms with Crippen molar-refractivity contribution < 1.29 is 9.90 Å². The van der Waals surface area contributed by atoms with Crippen molar-refractivity contribution in [3.05, 3.63) is 29.8 Å². The van der Waals surface area contributed by atoms with Crippen LogP contribution in [0.15, 0.2) is 24.3 Å². The van der Waals surface area contributed by atoms with E-state index in [9.17, 15) is 10.1 Å². The standard InChI is InChI=1S/C16H22N2O2/c1-3-16(4-2,12-17)15(20)18-14-9-5-7-13(11-14)8-6-10-19/h5,7,9,11,19H,3-4,6,8,10H2,1-2H3,(H,18,20). The number of rotatable bonds is 7. The Bertz CT molecular complexity index is 487. The number of carbonyl (C=O) groups excluding carboxylic acids is 1. The van der Waals surface area contributed by atoms with Crippen LogP contribution < -0.4 is 5.32 Å². The molecule has 20 heavy (non-hydrogen) atoms. The third kappa shape index (κ3) is 3.82. The monoisotopic (exact) mass is 274 g/mol. The molecule has 4 nitrogen and oxygen atoms in total. The molecule has 0 spiro atoms. The zero-order chi connectivity index (χ0) is 15.0. The summed E-state index contributed by atoms with van der Waals surface area (Å²) in [6.45, 7) is 3.85. The Balaban J connectivity index is 2.83. The first-order valence-electron chi connectivity index (χ1n) is 7.04. The molecule has 0 aliphatic carbocycles. The normalized spacial score (nSPS) is 10.9. The highest BCUT2D eigenvalue weighted by Gasteiger charge is 2.34. The number of aliphatic hydroxyl groups is 1. The Morgan fingerprint density at radius 2 is 2.10 bits per heavy atom. The molecular weight excluding hydrogens is 252 g/mol. The number of carbonyl (C=O) groups is 1. The maximum atomic E-state index is 12.3. The summed E-state index contributed by atoms with van der Waals surface area (Å²) in [4.78, 5) is 12.3. The lowest BCUT2D eigenvalue weighted by Gasteiger charge is -2.22. The van der Waals surface area contributed by atoms with Gasteiger partial charge >= 0.3 is 0 Å². The number of aliphatic hydroxyl groups excluding tert-OH is 1. The van der Waals surface area contributed by atoms with Crippen molar-refractivity contribution in [1.29, 1.82) is 5.26 Å². The van der Waals surface area contributed by atoms with Gasteiger partial charge < -0.3 is 10.4 Å². The highest BCUT2D eigenvalue weighted by Crippen LogP contribution is 2.27. The molecule has 0 atom stereocenters. The number of nitrogens with zero attached hydrogens (tertiary/aromatic N) is 1. The first-order valence-corrected chi connectivity index (χ1v) is 7.04. The van der Waals surface area contributed by atoms with E-state index in [-0.39, 0.29) is 12.5 Å². The second-order valence-corrected chi connectivity index (χ2v) is 4.88. The largest absolute Gasteiger partial charge is 0.396 e. The minimum absolute atomic E-state index is 0.153. The highest BCUT2D eigenvalue weighted by molar-refractivity contribution is 5.97. The number of aryl methyl sites for hydroxylation is 1. The van der Waals surface area contributed by atoms with Gasteiger partial charge in [0, 0.05) is 12.3 Å². The lowest BCUT2D eigenvalue weighted by atomic mass is 9.83. The van der Waals surface area contributed by atoms with Crippen LogP contribution in [0.4, 0.5) is 5.69 Å². The molecule has 0 heterocycles. The molecule has 4 heteroatoms. The van der Waals surface area contributed by atoms with E-state index < -0.39 is 5.41 Å². The molecular formula is C16H22N2O2. The first-order chi connectivity index (χ1) is 9.61. The van der Waals surface area contributed by atoms with Crippen molar-refractivity contribution in [1.82, 2.24) is 0 Å². The molecule has 0 saturated heterocycles. The average molecular weight is 274 g/mol. The zero-order valence-electron chi connectivity index (χ0n) is 12.1. The van der Waals surface area contributed by atoms with E-state index in [0.717, 1.165) is 12.0 Å². The Morgan fingerprint density at radius 3 is 2.65 bits per heavy atom. The SMILES string of the molecule is CCC(C#N)(CC)C(=O)Nc1cccc(CCCO)c1. The van der Waals surface area contributed by atoms with Crippen LogP contribution >= 0.6 is 0 Å². The van der Waals surface area contributed by atoms with E-state index >= 15 is 0 Å². The second kappa shape index (κ2) is 7.66. The van der Waals surface area contributed by atoms with Gasteiger partial charge in [0.2, 0.25) is 5.91 Å². The maximum Gasteiger partial charge on any atom is 0.244 e. The fourth-order valence-corrected chi connectivity index (χ4v) is 2.12. The number of hydrogen-bond donors (Lipinski definition) is 2. The summed E-state index contributed by atoms with van der Waals surface area (Å²) in [6, 6.07) is 9.67. The zero-order valence-corrected chi connectivity index (χ0v) is 12.1. The van der Waals surface area contributed by atoms with Crippen molar-refractivity contribution in [3.63, 3.8) is 0 Å². The predicted molar refractivity (Wildman–Crippen MR) is 79.1 cm³/mol. The van der Waals surface area contributed by atoms with Gasteiger partial charge in [0.25, 0.3) is 0 Å². The molecule has 1 rings (SSSR count). The van der Waals surface area contributed by atoms with Gasteiger partial charge in [-0.15, -0.1) is 0 Å². The third-order valence-electron chi connectivity index (χ3n) is 3.66. The minimum Gasteiger partial charge on any atom is -0.396 e. The number of nitrogens with one attached hydrogen (secondary N) is 1. The molecule has 0 unspecified atom stereocenters. The lowest BCUT2D eigenvalue weighted by Crippen LogP contribution is -2.33. The molecule has 1 aromatic carbocycles. The van der Waals surface area contributed by atoms with Crippen LogP contribution in [0.2, 0.25) is 0 Å². The second-order valence-electron chi connectivity index (χ2n) is 4.88. The van der Waals surface area contributed by atoms with E-state index in [0.29, 0.717) is 24.9 Å². The number of benzene rings is 1. The maximum absolute atomic E-state index is 12.3. The van der Waals surface area contributed by atoms with E-state index in [1.54, 1.807) is 0 Å². The van der Waals surface area contributed by atoms with Crippen LogP contribution in [0, 0.1) is 16.7 Å². The van der Waals surface area contributed by atoms with Crippen LogP contribution in [-0.2, 0) is 11.2 Å². The summed E-state index contributed by atoms with van der Waals surface area (Å²) in [5, 5.41) is 20.9. The fourth-order valence-electron chi connectivity index (χ4n) is 2.12. The smallest absolute Gasteiger partial charge is 0.244 e. The quantitative estimate of drug-likeness (QED) is 0.803. The number of anilines is 1. The molecule has 0 fully saturated rings. The summed E-state index contributed by atoms with van der Waals surface area (Å²) < 4.78 is 0. The van der Waals surface area contributed by atoms with Crippen molar-refractivity contribution in [2.45, 2.75) is 39.5 Å². The van der Waals surface area contributed by atoms with Gasteiger partial charge in [-0.2, -0.15) is 5.26 Å². The van der Waals surface area contributed by atoms with Crippen molar-refractivity contribution in [2.75, 3.05) is 11.9 Å². The molecule has 0 radical (unpaired) electrons. The molecule has 2 N–H and O–H groups in total. The molecule has 0 bridgehead atoms. The van der Waals surface area contributed by atoms with Crippen LogP contribution in [-0.4, -0.2) is 17.6 Å². The number of amides is 1. The topological polar surface area (TPSA) is 73.1 Å². The summed E-state index contributed by atoms with van der Waals surface area (Å²) in [5.74, 6) is -0.246. The fraction of sp³-hybridized carbons (Fsp3) is 0.500. The first kappa shape index (κ1) is 16.2. The van der Waals surface area contributed by atoms with E-state index in [1.165, 1.54) is 0 Å². The van der Waals surface area contributed by atoms with Gasteiger partial charge in [-0.05, 0) is 43.4 Å². The van der Waals surface area contributed by atoms with E-state index in [1.807, 2.05) is 38.1 Å². The molecule has 0 aromatic heterocycles. The number of nitriles is 1. The summed E-state index contributed by atoms with van der Waals surface area (Å²) >= 11 is 0. The molecule has 0 aliphatic heterocycles. The highest BCUT2D eigenvalue weighted by atomic mass is 16.2. The van der Waals surface area contributed by atoms with Crippen molar-refractivity contribution >= 4 is 11.6 Å². The van der Waals surface area contributed by atoms with Crippen LogP contribution in [0.5, 0.6) is 0 Å². The predicted octanol–water partition coefficient (Wildman–Crippen LogP) is 2.88. The van der Waals surface area contributed by atoms with Gasteiger partial charge in [-0.3, -0.25) is 4.79 Å². The van der Waals surface area contributed by atoms with E-state index in [4.69, 9.17) is 5.11 Å². The van der Waals surface area contributed by atoms with Gasteiger partial charge in [0.1, 0.15) is 5.41 Å². The Hall–Kier alpha value is -1.86. The van der Waals surface area contributed by atoms with Crippen molar-refractivity contribution in [3.8, 4) is 6.07 Å². The number of hydrogen-bond acceptors (Lipinski definition) is 3. The molecule has 1 amide bonds. The van der Waals surface area contributed by atoms with Crippen LogP contribution in [0.1, 0.15) is 38.7 Å². The molecule has 1 aromatic rings. The molecule has 108 valence electrons. The average Bonchev–Trinajstić information content (AvgIpc) is 2.48. The Kier molecular flexibility index (Phi) is 6.20. The van der Waals surface area contributed by atoms with Gasteiger partial charge in [-0.25, -0.2) is 0 Å². The molecule has 0 saturated carbocycles. The van der Waals surface area contributed by atoms with E-state index in [2.05, 4.69) is 11.4 Å². The minimum atomic E-state index is -0.957. The van der Waals surface area contributed by atoms with Gasteiger partial charge in [-0.1, -0.05) is 26.0 Å². The van der Waals surface area contributed by atoms with Crippen molar-refractivity contribution in [2.24, 2.45) is 5.41 Å². The lowest BCUT2D eigenvalue weighted by molar-refractivity contribution is -0.123. The summed E-state index contributed by atoms with van der Waals surface area (Å²) in [6.07, 6.45) is 2.46. The molecule has 0 aliphatic rings.